The molecule has 0 saturated carbocycles. The Morgan fingerprint density at radius 1 is 0.966 bits per heavy atom. The molecule has 1 N–H and O–H groups in total. The number of hydrogen-bond donors (Lipinski definition) is 1. The van der Waals surface area contributed by atoms with Crippen molar-refractivity contribution in [3.8, 4) is 11.5 Å². The number of hydrogen-bond acceptors (Lipinski definition) is 5. The fraction of sp³-hybridized carbons (Fsp3) is 0.130. The van der Waals surface area contributed by atoms with Gasteiger partial charge in [0.25, 0.3) is 5.91 Å². The van der Waals surface area contributed by atoms with Crippen LogP contribution < -0.4 is 5.32 Å². The molecule has 144 valence electrons. The van der Waals surface area contributed by atoms with Crippen LogP contribution in [0.25, 0.3) is 11.5 Å². The lowest BCUT2D eigenvalue weighted by molar-refractivity contribution is 0.0946. The number of carbonyl (C=O) groups is 1. The van der Waals surface area contributed by atoms with Crippen LogP contribution in [0.2, 0.25) is 0 Å². The minimum Gasteiger partial charge on any atom is -0.350 e. The Kier molecular flexibility index (Phi) is 5.42. The van der Waals surface area contributed by atoms with Gasteiger partial charge in [0.05, 0.1) is 0 Å². The average molecular weight is 383 g/mol. The second kappa shape index (κ2) is 8.48. The molecule has 0 bridgehead atoms. The normalized spacial score (nSPS) is 10.7. The number of aryl methyl sites for hydroxylation is 1. The first kappa shape index (κ1) is 18.6. The fourth-order valence-electron chi connectivity index (χ4n) is 3.10. The van der Waals surface area contributed by atoms with E-state index < -0.39 is 0 Å². The highest BCUT2D eigenvalue weighted by Gasteiger charge is 2.20. The summed E-state index contributed by atoms with van der Waals surface area (Å²) in [5.41, 5.74) is 3.30. The van der Waals surface area contributed by atoms with Crippen LogP contribution in [-0.2, 0) is 13.0 Å². The van der Waals surface area contributed by atoms with Gasteiger partial charge in [-0.2, -0.15) is 9.67 Å². The minimum absolute atomic E-state index is 0.215. The van der Waals surface area contributed by atoms with Crippen LogP contribution >= 0.6 is 0 Å². The maximum atomic E-state index is 13.3. The highest BCUT2D eigenvalue weighted by atomic mass is 16.2. The topological polar surface area (TPSA) is 72.7 Å². The van der Waals surface area contributed by atoms with E-state index in [1.54, 1.807) is 6.20 Å². The summed E-state index contributed by atoms with van der Waals surface area (Å²) >= 11 is 0. The van der Waals surface area contributed by atoms with E-state index >= 15 is 0 Å². The molecule has 6 heteroatoms. The molecule has 0 radical (unpaired) electrons. The largest absolute Gasteiger partial charge is 0.350 e. The number of carbonyl (C=O) groups excluding carboxylic acids is 1. The minimum atomic E-state index is -0.215. The molecule has 2 aromatic carbocycles. The summed E-state index contributed by atoms with van der Waals surface area (Å²) in [4.78, 5) is 22.2. The summed E-state index contributed by atoms with van der Waals surface area (Å²) in [6.07, 6.45) is 2.44. The third-order valence-electron chi connectivity index (χ3n) is 4.62. The van der Waals surface area contributed by atoms with Gasteiger partial charge in [-0.3, -0.25) is 9.78 Å². The molecule has 4 aromatic rings. The van der Waals surface area contributed by atoms with Gasteiger partial charge in [0.1, 0.15) is 5.69 Å². The number of anilines is 1. The molecule has 0 saturated heterocycles. The number of nitrogens with one attached hydrogen (secondary N) is 1. The van der Waals surface area contributed by atoms with Crippen LogP contribution in [-0.4, -0.2) is 25.7 Å². The number of aromatic nitrogens is 4. The molecule has 0 unspecified atom stereocenters. The first-order valence-corrected chi connectivity index (χ1v) is 9.55. The molecule has 0 amide bonds. The Morgan fingerprint density at radius 2 is 1.72 bits per heavy atom. The van der Waals surface area contributed by atoms with Crippen LogP contribution in [0, 0.1) is 0 Å². The number of benzene rings is 2. The van der Waals surface area contributed by atoms with Gasteiger partial charge >= 0.3 is 0 Å². The van der Waals surface area contributed by atoms with Gasteiger partial charge in [-0.05, 0) is 35.7 Å². The van der Waals surface area contributed by atoms with Gasteiger partial charge in [0.15, 0.2) is 0 Å². The molecule has 0 atom stereocenters. The number of pyridine rings is 1. The maximum Gasteiger partial charge on any atom is 0.281 e. The highest BCUT2D eigenvalue weighted by molar-refractivity contribution is 5.98. The van der Waals surface area contributed by atoms with Crippen LogP contribution in [0.3, 0.4) is 0 Å². The van der Waals surface area contributed by atoms with Gasteiger partial charge in [-0.25, -0.2) is 0 Å². The molecular weight excluding hydrogens is 362 g/mol. The third kappa shape index (κ3) is 4.06. The van der Waals surface area contributed by atoms with Crippen molar-refractivity contribution in [2.24, 2.45) is 0 Å². The van der Waals surface area contributed by atoms with Crippen molar-refractivity contribution in [2.75, 3.05) is 5.32 Å². The third-order valence-corrected chi connectivity index (χ3v) is 4.62. The van der Waals surface area contributed by atoms with E-state index in [1.165, 1.54) is 4.68 Å². The van der Waals surface area contributed by atoms with E-state index in [-0.39, 0.29) is 5.91 Å². The smallest absolute Gasteiger partial charge is 0.281 e. The van der Waals surface area contributed by atoms with Gasteiger partial charge in [0, 0.05) is 18.3 Å². The molecule has 29 heavy (non-hydrogen) atoms. The summed E-state index contributed by atoms with van der Waals surface area (Å²) in [5, 5.41) is 7.72. The second-order valence-corrected chi connectivity index (χ2v) is 6.54. The fourth-order valence-corrected chi connectivity index (χ4v) is 3.10. The van der Waals surface area contributed by atoms with E-state index in [0.29, 0.717) is 29.6 Å². The monoisotopic (exact) mass is 383 g/mol. The molecule has 4 rings (SSSR count). The van der Waals surface area contributed by atoms with Gasteiger partial charge in [-0.15, -0.1) is 5.10 Å². The Bertz CT molecular complexity index is 1110. The van der Waals surface area contributed by atoms with E-state index in [4.69, 9.17) is 0 Å². The maximum absolute atomic E-state index is 13.3. The van der Waals surface area contributed by atoms with Crippen LogP contribution in [0.1, 0.15) is 28.4 Å². The van der Waals surface area contributed by atoms with Crippen LogP contribution in [0.15, 0.2) is 79.0 Å². The van der Waals surface area contributed by atoms with Crippen molar-refractivity contribution in [3.63, 3.8) is 0 Å². The molecule has 0 aliphatic rings. The van der Waals surface area contributed by atoms with Crippen molar-refractivity contribution in [2.45, 2.75) is 19.9 Å². The molecule has 2 aromatic heterocycles. The first-order chi connectivity index (χ1) is 14.3. The van der Waals surface area contributed by atoms with Gasteiger partial charge < -0.3 is 5.32 Å². The lowest BCUT2D eigenvalue weighted by atomic mass is 10.1. The summed E-state index contributed by atoms with van der Waals surface area (Å²) < 4.78 is 1.33. The van der Waals surface area contributed by atoms with Crippen molar-refractivity contribution in [3.05, 3.63) is 95.7 Å². The zero-order valence-electron chi connectivity index (χ0n) is 16.1. The quantitative estimate of drug-likeness (QED) is 0.540. The Balaban J connectivity index is 1.72. The average Bonchev–Trinajstić information content (AvgIpc) is 3.23. The molecule has 2 heterocycles. The number of nitrogens with zero attached hydrogens (tertiary/aromatic N) is 4. The second-order valence-electron chi connectivity index (χ2n) is 6.54. The number of rotatable bonds is 6. The Labute approximate surface area is 169 Å². The van der Waals surface area contributed by atoms with E-state index in [0.717, 1.165) is 17.5 Å². The Hall–Kier alpha value is -3.80. The van der Waals surface area contributed by atoms with E-state index in [1.807, 2.05) is 79.7 Å². The molecule has 0 aliphatic heterocycles. The Morgan fingerprint density at radius 3 is 2.48 bits per heavy atom. The SMILES string of the molecule is CCc1ccccc1C(=O)n1nc(-c2ccccn2)nc1NCc1ccccc1. The summed E-state index contributed by atoms with van der Waals surface area (Å²) in [7, 11) is 0. The summed E-state index contributed by atoms with van der Waals surface area (Å²) in [6, 6.07) is 23.1. The van der Waals surface area contributed by atoms with Gasteiger partial charge in [0.2, 0.25) is 11.8 Å². The molecule has 0 spiro atoms. The lowest BCUT2D eigenvalue weighted by Crippen LogP contribution is -2.19. The molecule has 0 aliphatic carbocycles. The van der Waals surface area contributed by atoms with Crippen molar-refractivity contribution in [1.29, 1.82) is 0 Å². The van der Waals surface area contributed by atoms with Crippen molar-refractivity contribution in [1.82, 2.24) is 19.7 Å². The van der Waals surface area contributed by atoms with Crippen molar-refractivity contribution >= 4 is 11.9 Å². The lowest BCUT2D eigenvalue weighted by Gasteiger charge is -2.09. The zero-order chi connectivity index (χ0) is 20.1. The van der Waals surface area contributed by atoms with Gasteiger partial charge in [-0.1, -0.05) is 61.5 Å². The van der Waals surface area contributed by atoms with E-state index in [2.05, 4.69) is 20.4 Å². The zero-order valence-corrected chi connectivity index (χ0v) is 16.1. The van der Waals surface area contributed by atoms with Crippen LogP contribution in [0.5, 0.6) is 0 Å². The molecule has 0 fully saturated rings. The highest BCUT2D eigenvalue weighted by Crippen LogP contribution is 2.19. The van der Waals surface area contributed by atoms with E-state index in [9.17, 15) is 4.79 Å². The molecule has 6 nitrogen and oxygen atoms in total. The standard InChI is InChI=1S/C23H21N5O/c1-2-18-12-6-7-13-19(18)22(29)28-23(25-16-17-10-4-3-5-11-17)26-21(27-28)20-14-8-9-15-24-20/h3-15H,2,16H2,1H3,(H,25,26,27). The predicted octanol–water partition coefficient (Wildman–Crippen LogP) is 4.20. The predicted molar refractivity (Wildman–Crippen MR) is 113 cm³/mol. The summed E-state index contributed by atoms with van der Waals surface area (Å²) in [6.45, 7) is 2.56. The summed E-state index contributed by atoms with van der Waals surface area (Å²) in [5.74, 6) is 0.585. The first-order valence-electron chi connectivity index (χ1n) is 9.55. The van der Waals surface area contributed by atoms with Crippen molar-refractivity contribution < 1.29 is 4.79 Å². The van der Waals surface area contributed by atoms with Crippen LogP contribution in [0.4, 0.5) is 5.95 Å². The molecular formula is C23H21N5O.